The second-order valence-electron chi connectivity index (χ2n) is 6.04. The Morgan fingerprint density at radius 3 is 2.90 bits per heavy atom. The highest BCUT2D eigenvalue weighted by atomic mass is 16.5. The second-order valence-corrected chi connectivity index (χ2v) is 6.04. The van der Waals surface area contributed by atoms with E-state index in [-0.39, 0.29) is 19.0 Å². The van der Waals surface area contributed by atoms with Crippen molar-refractivity contribution in [3.05, 3.63) is 11.7 Å². The molecule has 20 heavy (non-hydrogen) atoms. The first kappa shape index (κ1) is 15.4. The van der Waals surface area contributed by atoms with Crippen molar-refractivity contribution in [2.45, 2.75) is 31.4 Å². The van der Waals surface area contributed by atoms with E-state index in [1.54, 1.807) is 6.92 Å². The maximum atomic E-state index is 9.96. The van der Waals surface area contributed by atoms with E-state index in [1.807, 2.05) is 0 Å². The Morgan fingerprint density at radius 1 is 1.45 bits per heavy atom. The molecule has 0 spiro atoms. The molecular formula is C13H25N5O2. The third-order valence-corrected chi connectivity index (χ3v) is 3.82. The molecule has 1 fully saturated rings. The molecule has 0 radical (unpaired) electrons. The first-order chi connectivity index (χ1) is 9.41. The Labute approximate surface area is 119 Å². The monoisotopic (exact) mass is 283 g/mol. The van der Waals surface area contributed by atoms with Gasteiger partial charge in [0.15, 0.2) is 5.82 Å². The number of nitrogens with zero attached hydrogens (tertiary/aromatic N) is 4. The fourth-order valence-corrected chi connectivity index (χ4v) is 2.42. The average Bonchev–Trinajstić information content (AvgIpc) is 2.76. The van der Waals surface area contributed by atoms with Crippen LogP contribution >= 0.6 is 0 Å². The molecular weight excluding hydrogens is 258 g/mol. The van der Waals surface area contributed by atoms with Gasteiger partial charge in [0.25, 0.3) is 0 Å². The van der Waals surface area contributed by atoms with E-state index in [9.17, 15) is 5.11 Å². The van der Waals surface area contributed by atoms with Crippen LogP contribution in [0.25, 0.3) is 0 Å². The summed E-state index contributed by atoms with van der Waals surface area (Å²) in [5.74, 6) is 1.12. The fraction of sp³-hybridized carbons (Fsp3) is 0.846. The van der Waals surface area contributed by atoms with Gasteiger partial charge in [-0.05, 0) is 40.5 Å². The number of hydrogen-bond donors (Lipinski definition) is 2. The van der Waals surface area contributed by atoms with E-state index in [0.717, 1.165) is 26.1 Å². The molecule has 2 rings (SSSR count). The van der Waals surface area contributed by atoms with Crippen molar-refractivity contribution >= 4 is 0 Å². The smallest absolute Gasteiger partial charge is 0.229 e. The summed E-state index contributed by atoms with van der Waals surface area (Å²) >= 11 is 0. The lowest BCUT2D eigenvalue weighted by molar-refractivity contribution is 0.0610. The third kappa shape index (κ3) is 3.76. The molecule has 2 atom stereocenters. The summed E-state index contributed by atoms with van der Waals surface area (Å²) in [6.07, 6.45) is 1.42. The van der Waals surface area contributed by atoms with Gasteiger partial charge in [-0.3, -0.25) is 4.90 Å². The summed E-state index contributed by atoms with van der Waals surface area (Å²) in [5.41, 5.74) is 4.51. The number of hydrogen-bond acceptors (Lipinski definition) is 7. The molecule has 0 aliphatic carbocycles. The SMILES string of the molecule is CN1CCCN(C)C(c2noc(CC(C)(O)CN)n2)C1. The molecule has 0 bridgehead atoms. The predicted octanol–water partition coefficient (Wildman–Crippen LogP) is -0.370. The average molecular weight is 283 g/mol. The van der Waals surface area contributed by atoms with Crippen LogP contribution < -0.4 is 5.73 Å². The molecule has 7 heteroatoms. The van der Waals surface area contributed by atoms with Crippen LogP contribution in [0.1, 0.15) is 31.1 Å². The van der Waals surface area contributed by atoms with Crippen LogP contribution in [-0.4, -0.2) is 70.9 Å². The van der Waals surface area contributed by atoms with Gasteiger partial charge < -0.3 is 20.3 Å². The predicted molar refractivity (Wildman–Crippen MR) is 75.2 cm³/mol. The highest BCUT2D eigenvalue weighted by molar-refractivity contribution is 4.99. The molecule has 1 aliphatic heterocycles. The minimum Gasteiger partial charge on any atom is -0.388 e. The molecule has 2 heterocycles. The summed E-state index contributed by atoms with van der Waals surface area (Å²) < 4.78 is 5.26. The van der Waals surface area contributed by atoms with Crippen molar-refractivity contribution in [3.63, 3.8) is 0 Å². The zero-order chi connectivity index (χ0) is 14.8. The molecule has 1 aromatic heterocycles. The zero-order valence-electron chi connectivity index (χ0n) is 12.5. The molecule has 1 aliphatic rings. The number of aromatic nitrogens is 2. The van der Waals surface area contributed by atoms with Gasteiger partial charge in [0.2, 0.25) is 5.89 Å². The summed E-state index contributed by atoms with van der Waals surface area (Å²) in [6, 6.07) is 0.128. The summed E-state index contributed by atoms with van der Waals surface area (Å²) in [6.45, 7) is 4.80. The van der Waals surface area contributed by atoms with Crippen LogP contribution in [-0.2, 0) is 6.42 Å². The molecule has 114 valence electrons. The summed E-state index contributed by atoms with van der Waals surface area (Å²) in [4.78, 5) is 8.96. The third-order valence-electron chi connectivity index (χ3n) is 3.82. The lowest BCUT2D eigenvalue weighted by Gasteiger charge is -2.24. The van der Waals surface area contributed by atoms with E-state index in [1.165, 1.54) is 0 Å². The summed E-state index contributed by atoms with van der Waals surface area (Å²) in [7, 11) is 4.18. The minimum absolute atomic E-state index is 0.128. The molecule has 1 aromatic rings. The molecule has 1 saturated heterocycles. The minimum atomic E-state index is -1.00. The Morgan fingerprint density at radius 2 is 2.20 bits per heavy atom. The van der Waals surface area contributed by atoms with Crippen LogP contribution in [0.4, 0.5) is 0 Å². The maximum Gasteiger partial charge on any atom is 0.229 e. The first-order valence-corrected chi connectivity index (χ1v) is 7.05. The van der Waals surface area contributed by atoms with Crippen molar-refractivity contribution in [2.24, 2.45) is 5.73 Å². The van der Waals surface area contributed by atoms with Crippen molar-refractivity contribution < 1.29 is 9.63 Å². The fourth-order valence-electron chi connectivity index (χ4n) is 2.42. The maximum absolute atomic E-state index is 9.96. The van der Waals surface area contributed by atoms with Crippen molar-refractivity contribution in [2.75, 3.05) is 40.3 Å². The van der Waals surface area contributed by atoms with E-state index in [4.69, 9.17) is 10.3 Å². The van der Waals surface area contributed by atoms with E-state index >= 15 is 0 Å². The van der Waals surface area contributed by atoms with Crippen LogP contribution in [0.3, 0.4) is 0 Å². The normalized spacial score (nSPS) is 25.4. The van der Waals surface area contributed by atoms with Crippen LogP contribution in [0.5, 0.6) is 0 Å². The van der Waals surface area contributed by atoms with Gasteiger partial charge in [0.1, 0.15) is 0 Å². The van der Waals surface area contributed by atoms with E-state index in [0.29, 0.717) is 11.7 Å². The van der Waals surface area contributed by atoms with Crippen molar-refractivity contribution in [3.8, 4) is 0 Å². The summed E-state index contributed by atoms with van der Waals surface area (Å²) in [5, 5.41) is 14.0. The van der Waals surface area contributed by atoms with Crippen molar-refractivity contribution in [1.29, 1.82) is 0 Å². The standard InChI is InChI=1S/C13H25N5O2/c1-13(19,9-14)7-11-15-12(16-20-11)10-8-17(2)5-4-6-18(10)3/h10,19H,4-9,14H2,1-3H3. The van der Waals surface area contributed by atoms with Gasteiger partial charge in [-0.2, -0.15) is 4.98 Å². The molecule has 2 unspecified atom stereocenters. The second kappa shape index (κ2) is 6.17. The van der Waals surface area contributed by atoms with Crippen LogP contribution in [0.15, 0.2) is 4.52 Å². The Hall–Kier alpha value is -1.02. The Balaban J connectivity index is 2.10. The molecule has 7 nitrogen and oxygen atoms in total. The van der Waals surface area contributed by atoms with Gasteiger partial charge in [0, 0.05) is 13.1 Å². The quantitative estimate of drug-likeness (QED) is 0.779. The number of likely N-dealkylation sites (N-methyl/N-ethyl adjacent to an activating group) is 2. The molecule has 0 amide bonds. The molecule has 3 N–H and O–H groups in total. The van der Waals surface area contributed by atoms with Gasteiger partial charge in [-0.15, -0.1) is 0 Å². The largest absolute Gasteiger partial charge is 0.388 e. The molecule has 0 aromatic carbocycles. The van der Waals surface area contributed by atoms with E-state index < -0.39 is 5.60 Å². The lowest BCUT2D eigenvalue weighted by atomic mass is 10.0. The highest BCUT2D eigenvalue weighted by Gasteiger charge is 2.28. The van der Waals surface area contributed by atoms with Gasteiger partial charge in [0.05, 0.1) is 18.1 Å². The van der Waals surface area contributed by atoms with Crippen molar-refractivity contribution in [1.82, 2.24) is 19.9 Å². The van der Waals surface area contributed by atoms with Gasteiger partial charge in [-0.25, -0.2) is 0 Å². The van der Waals surface area contributed by atoms with Gasteiger partial charge >= 0.3 is 0 Å². The number of nitrogens with two attached hydrogens (primary N) is 1. The lowest BCUT2D eigenvalue weighted by Crippen LogP contribution is -2.36. The van der Waals surface area contributed by atoms with Crippen LogP contribution in [0.2, 0.25) is 0 Å². The number of rotatable bonds is 4. The number of aliphatic hydroxyl groups is 1. The zero-order valence-corrected chi connectivity index (χ0v) is 12.5. The van der Waals surface area contributed by atoms with Gasteiger partial charge in [-0.1, -0.05) is 5.16 Å². The topological polar surface area (TPSA) is 91.7 Å². The van der Waals surface area contributed by atoms with E-state index in [2.05, 4.69) is 34.0 Å². The first-order valence-electron chi connectivity index (χ1n) is 7.05. The Bertz CT molecular complexity index is 434. The molecule has 0 saturated carbocycles. The Kier molecular flexibility index (Phi) is 4.74. The van der Waals surface area contributed by atoms with Crippen LogP contribution in [0, 0.1) is 0 Å². The highest BCUT2D eigenvalue weighted by Crippen LogP contribution is 2.21.